The highest BCUT2D eigenvalue weighted by Crippen LogP contribution is 2.26. The van der Waals surface area contributed by atoms with Crippen LogP contribution in [-0.2, 0) is 0 Å². The van der Waals surface area contributed by atoms with Gasteiger partial charge in [-0.15, -0.1) is 0 Å². The third kappa shape index (κ3) is 2.08. The molecule has 0 unspecified atom stereocenters. The third-order valence-electron chi connectivity index (χ3n) is 2.49. The first-order valence-corrected chi connectivity index (χ1v) is 5.46. The number of aromatic nitrogens is 4. The van der Waals surface area contributed by atoms with Gasteiger partial charge in [-0.1, -0.05) is 6.07 Å². The third-order valence-corrected chi connectivity index (χ3v) is 2.49. The average Bonchev–Trinajstić information content (AvgIpc) is 2.84. The fraction of sp³-hybridized carbons (Fsp3) is 0. The summed E-state index contributed by atoms with van der Waals surface area (Å²) >= 11 is 0. The molecule has 0 aliphatic rings. The number of para-hydroxylation sites is 1. The molecule has 2 heterocycles. The first-order valence-electron chi connectivity index (χ1n) is 5.46. The van der Waals surface area contributed by atoms with Gasteiger partial charge in [0, 0.05) is 12.4 Å². The Labute approximate surface area is 107 Å². The van der Waals surface area contributed by atoms with E-state index in [1.807, 2.05) is 6.07 Å². The molecule has 3 rings (SSSR count). The van der Waals surface area contributed by atoms with Crippen LogP contribution in [-0.4, -0.2) is 26.0 Å². The number of carbonyl (C=O) groups excluding carboxylic acids is 1. The van der Waals surface area contributed by atoms with Gasteiger partial charge >= 0.3 is 6.09 Å². The fourth-order valence-electron chi connectivity index (χ4n) is 1.74. The Hall–Kier alpha value is -2.96. The van der Waals surface area contributed by atoms with Gasteiger partial charge in [-0.3, -0.25) is 4.98 Å². The summed E-state index contributed by atoms with van der Waals surface area (Å²) in [6.45, 7) is 0. The molecule has 0 atom stereocenters. The number of nitrogens with one attached hydrogen (secondary N) is 1. The molecule has 0 fully saturated rings. The van der Waals surface area contributed by atoms with Crippen LogP contribution in [0.25, 0.3) is 22.6 Å². The Morgan fingerprint density at radius 3 is 2.95 bits per heavy atom. The number of nitrogens with two attached hydrogens (primary N) is 1. The first-order chi connectivity index (χ1) is 9.24. The molecule has 0 saturated carbocycles. The molecule has 0 saturated heterocycles. The van der Waals surface area contributed by atoms with E-state index in [1.165, 1.54) is 0 Å². The number of ether oxygens (including phenoxy) is 1. The van der Waals surface area contributed by atoms with Crippen molar-refractivity contribution in [3.63, 3.8) is 0 Å². The van der Waals surface area contributed by atoms with Gasteiger partial charge in [0.05, 0.1) is 11.7 Å². The zero-order valence-electron chi connectivity index (χ0n) is 9.70. The number of primary amides is 1. The van der Waals surface area contributed by atoms with Gasteiger partial charge in [-0.25, -0.2) is 14.8 Å². The van der Waals surface area contributed by atoms with Crippen LogP contribution >= 0.6 is 0 Å². The summed E-state index contributed by atoms with van der Waals surface area (Å²) in [4.78, 5) is 26.4. The number of aromatic amines is 1. The van der Waals surface area contributed by atoms with Crippen LogP contribution in [0.15, 0.2) is 36.8 Å². The molecule has 19 heavy (non-hydrogen) atoms. The summed E-state index contributed by atoms with van der Waals surface area (Å²) in [5.74, 6) is 0.847. The van der Waals surface area contributed by atoms with Crippen LogP contribution < -0.4 is 10.5 Å². The van der Waals surface area contributed by atoms with E-state index in [2.05, 4.69) is 19.9 Å². The predicted molar refractivity (Wildman–Crippen MR) is 67.3 cm³/mol. The average molecular weight is 255 g/mol. The van der Waals surface area contributed by atoms with Crippen molar-refractivity contribution < 1.29 is 9.53 Å². The van der Waals surface area contributed by atoms with Crippen molar-refractivity contribution in [3.05, 3.63) is 36.8 Å². The summed E-state index contributed by atoms with van der Waals surface area (Å²) in [7, 11) is 0. The second-order valence-electron chi connectivity index (χ2n) is 3.75. The Kier molecular flexibility index (Phi) is 2.57. The minimum Gasteiger partial charge on any atom is -0.408 e. The highest BCUT2D eigenvalue weighted by Gasteiger charge is 2.11. The van der Waals surface area contributed by atoms with Crippen LogP contribution in [0.1, 0.15) is 0 Å². The normalized spacial score (nSPS) is 10.5. The van der Waals surface area contributed by atoms with Gasteiger partial charge in [0.2, 0.25) is 0 Å². The molecule has 2 aromatic heterocycles. The van der Waals surface area contributed by atoms with Gasteiger partial charge in [-0.2, -0.15) is 0 Å². The number of amides is 1. The molecule has 3 aromatic rings. The van der Waals surface area contributed by atoms with Crippen molar-refractivity contribution in [2.45, 2.75) is 0 Å². The number of H-pyrrole nitrogens is 1. The van der Waals surface area contributed by atoms with E-state index in [0.717, 1.165) is 5.52 Å². The minimum absolute atomic E-state index is 0.302. The number of carbonyl (C=O) groups is 1. The fourth-order valence-corrected chi connectivity index (χ4v) is 1.74. The van der Waals surface area contributed by atoms with Crippen molar-refractivity contribution in [2.24, 2.45) is 5.73 Å². The lowest BCUT2D eigenvalue weighted by Gasteiger charge is -1.99. The van der Waals surface area contributed by atoms with Gasteiger partial charge in [0.15, 0.2) is 11.6 Å². The van der Waals surface area contributed by atoms with E-state index in [4.69, 9.17) is 10.5 Å². The highest BCUT2D eigenvalue weighted by atomic mass is 16.5. The molecule has 0 aliphatic carbocycles. The van der Waals surface area contributed by atoms with Crippen LogP contribution in [0.2, 0.25) is 0 Å². The second-order valence-corrected chi connectivity index (χ2v) is 3.75. The van der Waals surface area contributed by atoms with E-state index in [1.54, 1.807) is 30.7 Å². The van der Waals surface area contributed by atoms with Gasteiger partial charge < -0.3 is 15.5 Å². The Morgan fingerprint density at radius 1 is 1.32 bits per heavy atom. The summed E-state index contributed by atoms with van der Waals surface area (Å²) in [5, 5.41) is 0. The lowest BCUT2D eigenvalue weighted by molar-refractivity contribution is 0.211. The van der Waals surface area contributed by atoms with Crippen molar-refractivity contribution in [3.8, 4) is 17.3 Å². The smallest absolute Gasteiger partial charge is 0.408 e. The summed E-state index contributed by atoms with van der Waals surface area (Å²) in [6, 6.07) is 5.17. The van der Waals surface area contributed by atoms with Crippen molar-refractivity contribution in [2.75, 3.05) is 0 Å². The number of imidazole rings is 1. The topological polar surface area (TPSA) is 107 Å². The Morgan fingerprint density at radius 2 is 2.21 bits per heavy atom. The molecular weight excluding hydrogens is 246 g/mol. The molecular formula is C12H9N5O2. The maximum absolute atomic E-state index is 10.8. The second kappa shape index (κ2) is 4.37. The molecule has 94 valence electrons. The summed E-state index contributed by atoms with van der Waals surface area (Å²) in [6.07, 6.45) is 3.86. The lowest BCUT2D eigenvalue weighted by atomic mass is 10.3. The molecule has 0 radical (unpaired) electrons. The van der Waals surface area contributed by atoms with E-state index in [9.17, 15) is 4.79 Å². The summed E-state index contributed by atoms with van der Waals surface area (Å²) in [5.41, 5.74) is 6.85. The molecule has 7 nitrogen and oxygen atoms in total. The van der Waals surface area contributed by atoms with Gasteiger partial charge in [0.1, 0.15) is 11.2 Å². The van der Waals surface area contributed by atoms with E-state index >= 15 is 0 Å². The zero-order valence-corrected chi connectivity index (χ0v) is 9.70. The number of nitrogens with zero attached hydrogens (tertiary/aromatic N) is 3. The monoisotopic (exact) mass is 255 g/mol. The predicted octanol–water partition coefficient (Wildman–Crippen LogP) is 1.48. The minimum atomic E-state index is -0.878. The number of fused-ring (bicyclic) bond motifs is 1. The Balaban J connectivity index is 2.13. The van der Waals surface area contributed by atoms with Gasteiger partial charge in [0.25, 0.3) is 0 Å². The maximum atomic E-state index is 10.8. The molecule has 1 aromatic carbocycles. The maximum Gasteiger partial charge on any atom is 0.410 e. The van der Waals surface area contributed by atoms with Crippen molar-refractivity contribution >= 4 is 17.1 Å². The van der Waals surface area contributed by atoms with Crippen LogP contribution in [0, 0.1) is 0 Å². The van der Waals surface area contributed by atoms with Crippen molar-refractivity contribution in [1.29, 1.82) is 0 Å². The number of hydrogen-bond donors (Lipinski definition) is 2. The summed E-state index contributed by atoms with van der Waals surface area (Å²) < 4.78 is 4.90. The molecule has 0 aliphatic heterocycles. The van der Waals surface area contributed by atoms with E-state index < -0.39 is 6.09 Å². The molecule has 0 spiro atoms. The number of hydrogen-bond acceptors (Lipinski definition) is 5. The van der Waals surface area contributed by atoms with Crippen LogP contribution in [0.4, 0.5) is 4.79 Å². The van der Waals surface area contributed by atoms with E-state index in [0.29, 0.717) is 22.8 Å². The lowest BCUT2D eigenvalue weighted by Crippen LogP contribution is -2.16. The molecule has 3 N–H and O–H groups in total. The van der Waals surface area contributed by atoms with Crippen LogP contribution in [0.5, 0.6) is 5.75 Å². The number of benzene rings is 1. The molecule has 0 bridgehead atoms. The standard InChI is InChI=1S/C12H9N5O2/c13-12(18)19-9-3-1-2-7-10(9)17-11(16-7)8-6-14-4-5-15-8/h1-6H,(H2,13,18)(H,16,17). The SMILES string of the molecule is NC(=O)Oc1cccc2[nH]c(-c3cnccn3)nc12. The van der Waals surface area contributed by atoms with E-state index in [-0.39, 0.29) is 0 Å². The largest absolute Gasteiger partial charge is 0.410 e. The van der Waals surface area contributed by atoms with Gasteiger partial charge in [-0.05, 0) is 12.1 Å². The zero-order chi connectivity index (χ0) is 13.2. The van der Waals surface area contributed by atoms with Crippen molar-refractivity contribution in [1.82, 2.24) is 19.9 Å². The first kappa shape index (κ1) is 11.1. The van der Waals surface area contributed by atoms with Crippen LogP contribution in [0.3, 0.4) is 0 Å². The quantitative estimate of drug-likeness (QED) is 0.721. The highest BCUT2D eigenvalue weighted by molar-refractivity contribution is 5.86. The molecule has 1 amide bonds. The Bertz CT molecular complexity index is 738. The number of rotatable bonds is 2. The molecule has 7 heteroatoms.